The van der Waals surface area contributed by atoms with E-state index >= 15 is 0 Å². The highest BCUT2D eigenvalue weighted by Gasteiger charge is 2.33. The monoisotopic (exact) mass is 1990 g/mol. The highest BCUT2D eigenvalue weighted by atomic mass is 35.5. The lowest BCUT2D eigenvalue weighted by molar-refractivity contribution is -0.890. The Balaban J connectivity index is 0.0000218. The van der Waals surface area contributed by atoms with E-state index in [1.54, 1.807) is 0 Å². The van der Waals surface area contributed by atoms with Gasteiger partial charge in [0.25, 0.3) is 23.6 Å². The van der Waals surface area contributed by atoms with Crippen molar-refractivity contribution in [2.45, 2.75) is 403 Å². The standard InChI is InChI=1S/C108H184N8O8S4.4ClH/c1-25-29-33-37-41-45-49-53-65-113(17,18)69-57-61-109-97(117)81-121-101-89-73-85(105(5,6)7)74-90(101)126-92-76-87(107(11,12)13)78-94(103(92)123-83-99(119)111-63-59-71-115(21,22)67-55-51-47-43-39-35-31-27-3)128-96-80-88(108(14,15)16)79-95(104(96)124-84-100(120)112-64-60-72-116(23,24)68-56-52-48-44-40-36-32-28-4)127-93-77-86(106(8,9)10)75-91(125-89)102(93)122-82-98(118)110-62-58-70-114(19,20)66-54-50-46-42-38-34-30-26-2;;;;/h73-80H,25-72,81-84H2,1-24H3;4*1H. The molecular weight excluding hydrogens is 1810 g/mol. The van der Waals surface area contributed by atoms with Gasteiger partial charge in [0, 0.05) is 51.9 Å². The fraction of sp³-hybridized carbons (Fsp3) is 0.741. The molecule has 5 rings (SSSR count). The van der Waals surface area contributed by atoms with E-state index < -0.39 is 21.7 Å². The van der Waals surface area contributed by atoms with E-state index in [1.807, 2.05) is 0 Å². The van der Waals surface area contributed by atoms with Gasteiger partial charge in [-0.1, -0.05) is 312 Å². The average Bonchev–Trinajstić information content (AvgIpc) is 0.759. The molecule has 1 aliphatic heterocycles. The number of amides is 4. The SMILES string of the molecule is CCCCCCCCCC[N+](C)(C)CCCNC(=O)COc1c2cc(C(C)(C)C)cc1Sc1cc(C(C)(C)C)cc(c1OCC(=O)NCCC[N+](C)(C)CCCCCCCCCC)Sc1cc(C(C)(C)C)cc(c1OCC(=O)NCCC[N+](C)(C)CCCCCCCCCC)Sc1cc(C(C)(C)C)cc(c1OCC(=O)NCCC[N+](C)(C)CCCCCCCCCC)S2.[Cl-].[Cl-].[Cl-].[Cl-]. The van der Waals surface area contributed by atoms with Crippen LogP contribution >= 0.6 is 47.0 Å². The molecule has 760 valence electrons. The molecular formula is C108H188Cl4N8O8S4. The van der Waals surface area contributed by atoms with Crippen LogP contribution in [0.2, 0.25) is 0 Å². The first kappa shape index (κ1) is 126. The quantitative estimate of drug-likeness (QED) is 0.0216. The number of hydrogen-bond donors (Lipinski definition) is 4. The Hall–Kier alpha value is -3.64. The van der Waals surface area contributed by atoms with Crippen LogP contribution in [0, 0.1) is 0 Å². The van der Waals surface area contributed by atoms with Crippen LogP contribution in [0.25, 0.3) is 0 Å². The first-order valence-corrected chi connectivity index (χ1v) is 54.1. The number of rotatable bonds is 64. The van der Waals surface area contributed by atoms with E-state index in [0.29, 0.717) is 49.2 Å². The number of halogens is 4. The van der Waals surface area contributed by atoms with Gasteiger partial charge in [0.2, 0.25) is 0 Å². The molecule has 0 atom stereocenters. The second kappa shape index (κ2) is 65.4. The van der Waals surface area contributed by atoms with Crippen LogP contribution in [-0.4, -0.2) is 203 Å². The van der Waals surface area contributed by atoms with Crippen molar-refractivity contribution in [1.29, 1.82) is 0 Å². The molecule has 16 nitrogen and oxygen atoms in total. The maximum absolute atomic E-state index is 14.7. The Labute approximate surface area is 849 Å². The maximum atomic E-state index is 14.7. The molecule has 132 heavy (non-hydrogen) atoms. The molecule has 0 aliphatic carbocycles. The third kappa shape index (κ3) is 51.5. The van der Waals surface area contributed by atoms with Crippen LogP contribution in [0.1, 0.15) is 364 Å². The highest BCUT2D eigenvalue weighted by molar-refractivity contribution is 8.01. The van der Waals surface area contributed by atoms with Crippen LogP contribution < -0.4 is 89.8 Å². The van der Waals surface area contributed by atoms with Crippen LogP contribution in [0.15, 0.2) is 87.7 Å². The summed E-state index contributed by atoms with van der Waals surface area (Å²) in [5.74, 6) is 1.19. The molecule has 0 unspecified atom stereocenters. The van der Waals surface area contributed by atoms with Crippen molar-refractivity contribution in [3.05, 3.63) is 70.8 Å². The predicted octanol–water partition coefficient (Wildman–Crippen LogP) is 14.2. The van der Waals surface area contributed by atoms with E-state index in [9.17, 15) is 19.2 Å². The lowest BCUT2D eigenvalue weighted by Gasteiger charge is -2.30. The van der Waals surface area contributed by atoms with Crippen LogP contribution in [0.5, 0.6) is 23.0 Å². The van der Waals surface area contributed by atoms with Gasteiger partial charge >= 0.3 is 0 Å². The summed E-state index contributed by atoms with van der Waals surface area (Å²) in [5.41, 5.74) is 2.55. The molecule has 0 radical (unpaired) electrons. The zero-order valence-electron chi connectivity index (χ0n) is 87.6. The number of quaternary nitrogens is 4. The topological polar surface area (TPSA) is 153 Å². The van der Waals surface area contributed by atoms with E-state index in [-0.39, 0.29) is 99.7 Å². The van der Waals surface area contributed by atoms with E-state index in [4.69, 9.17) is 18.9 Å². The summed E-state index contributed by atoms with van der Waals surface area (Å²) in [6.07, 6.45) is 44.5. The second-order valence-electron chi connectivity index (χ2n) is 44.0. The number of fused-ring (bicyclic) bond motifs is 8. The van der Waals surface area contributed by atoms with E-state index in [2.05, 4.69) is 237 Å². The lowest BCUT2D eigenvalue weighted by Crippen LogP contribution is -3.00. The number of carbonyl (C=O) groups is 4. The summed E-state index contributed by atoms with van der Waals surface area (Å²) >= 11 is 6.06. The normalized spacial score (nSPS) is 12.7. The van der Waals surface area contributed by atoms with Crippen molar-refractivity contribution in [3.8, 4) is 23.0 Å². The van der Waals surface area contributed by atoms with E-state index in [1.165, 1.54) is 253 Å². The molecule has 0 aromatic heterocycles. The second-order valence-corrected chi connectivity index (χ2v) is 48.3. The molecule has 4 aromatic rings. The zero-order valence-corrected chi connectivity index (χ0v) is 93.9. The fourth-order valence-corrected chi connectivity index (χ4v) is 21.3. The molecule has 0 saturated heterocycles. The number of nitrogens with one attached hydrogen (secondary N) is 4. The van der Waals surface area contributed by atoms with Gasteiger partial charge in [-0.25, -0.2) is 0 Å². The highest BCUT2D eigenvalue weighted by Crippen LogP contribution is 2.57. The Morgan fingerprint density at radius 3 is 0.515 bits per heavy atom. The molecule has 4 amide bonds. The molecule has 8 bridgehead atoms. The van der Waals surface area contributed by atoms with Gasteiger partial charge in [-0.15, -0.1) is 0 Å². The molecule has 4 N–H and O–H groups in total. The largest absolute Gasteiger partial charge is 1.00 e. The average molecular weight is 2000 g/mol. The smallest absolute Gasteiger partial charge is 0.257 e. The van der Waals surface area contributed by atoms with Gasteiger partial charge in [0.15, 0.2) is 26.4 Å². The maximum Gasteiger partial charge on any atom is 0.257 e. The van der Waals surface area contributed by atoms with Crippen LogP contribution in [-0.2, 0) is 40.8 Å². The Kier molecular flexibility index (Phi) is 62.6. The fourth-order valence-electron chi connectivity index (χ4n) is 16.5. The first-order chi connectivity index (χ1) is 60.5. The number of carbonyl (C=O) groups excluding carboxylic acids is 4. The summed E-state index contributed by atoms with van der Waals surface area (Å²) in [6, 6.07) is 17.7. The minimum absolute atomic E-state index is 0. The summed E-state index contributed by atoms with van der Waals surface area (Å²) < 4.78 is 32.4. The van der Waals surface area contributed by atoms with Crippen LogP contribution in [0.4, 0.5) is 0 Å². The summed E-state index contributed by atoms with van der Waals surface area (Å²) in [6.45, 7) is 45.0. The molecule has 0 saturated carbocycles. The molecule has 0 fully saturated rings. The zero-order chi connectivity index (χ0) is 94.5. The summed E-state index contributed by atoms with van der Waals surface area (Å²) in [7, 11) is 18.5. The van der Waals surface area contributed by atoms with Crippen molar-refractivity contribution >= 4 is 70.7 Å². The van der Waals surface area contributed by atoms with E-state index in [0.717, 1.165) is 157 Å². The Morgan fingerprint density at radius 1 is 0.235 bits per heavy atom. The third-order valence-electron chi connectivity index (χ3n) is 25.3. The third-order valence-corrected chi connectivity index (χ3v) is 29.5. The van der Waals surface area contributed by atoms with Crippen molar-refractivity contribution < 1.29 is 106 Å². The van der Waals surface area contributed by atoms with Gasteiger partial charge < -0.3 is 108 Å². The number of nitrogens with zero attached hydrogens (tertiary/aromatic N) is 4. The van der Waals surface area contributed by atoms with Crippen molar-refractivity contribution in [2.75, 3.05) is 161 Å². The lowest BCUT2D eigenvalue weighted by atomic mass is 9.87. The van der Waals surface area contributed by atoms with Gasteiger partial charge in [-0.2, -0.15) is 0 Å². The Morgan fingerprint density at radius 2 is 0.371 bits per heavy atom. The molecule has 4 aromatic carbocycles. The molecule has 0 spiro atoms. The first-order valence-electron chi connectivity index (χ1n) is 50.8. The minimum atomic E-state index is -0.397. The Bertz CT molecular complexity index is 3330. The number of ether oxygens (including phenoxy) is 4. The van der Waals surface area contributed by atoms with Crippen LogP contribution in [0.3, 0.4) is 0 Å². The molecule has 24 heteroatoms. The number of benzene rings is 4. The minimum Gasteiger partial charge on any atom is -1.00 e. The van der Waals surface area contributed by atoms with Crippen molar-refractivity contribution in [2.24, 2.45) is 0 Å². The summed E-state index contributed by atoms with van der Waals surface area (Å²) in [5, 5.41) is 13.1. The van der Waals surface area contributed by atoms with Crippen molar-refractivity contribution in [1.82, 2.24) is 21.3 Å². The van der Waals surface area contributed by atoms with Crippen molar-refractivity contribution in [3.63, 3.8) is 0 Å². The van der Waals surface area contributed by atoms with Gasteiger partial charge in [-0.05, 0) is 144 Å². The molecule has 1 heterocycles. The van der Waals surface area contributed by atoms with Gasteiger partial charge in [0.1, 0.15) is 23.0 Å². The summed E-state index contributed by atoms with van der Waals surface area (Å²) in [4.78, 5) is 64.7. The number of hydrogen-bond acceptors (Lipinski definition) is 12. The molecule has 1 aliphatic rings. The number of unbranched alkanes of at least 4 members (excludes halogenated alkanes) is 28. The van der Waals surface area contributed by atoms with Gasteiger partial charge in [0.05, 0.1) is 148 Å². The van der Waals surface area contributed by atoms with Gasteiger partial charge in [-0.3, -0.25) is 19.2 Å². The predicted molar refractivity (Wildman–Crippen MR) is 547 cm³/mol.